The van der Waals surface area contributed by atoms with Crippen molar-refractivity contribution in [2.24, 2.45) is 0 Å². The lowest BCUT2D eigenvalue weighted by atomic mass is 10.1. The summed E-state index contributed by atoms with van der Waals surface area (Å²) in [6.45, 7) is 8.29. The Bertz CT molecular complexity index is 545. The van der Waals surface area contributed by atoms with Gasteiger partial charge in [-0.3, -0.25) is 0 Å². The highest BCUT2D eigenvalue weighted by Gasteiger charge is 2.09. The molecule has 1 aliphatic rings. The van der Waals surface area contributed by atoms with E-state index in [0.717, 1.165) is 37.2 Å². The second kappa shape index (κ2) is 9.46. The molecule has 23 heavy (non-hydrogen) atoms. The number of anilines is 2. The molecule has 0 bridgehead atoms. The van der Waals surface area contributed by atoms with Crippen LogP contribution in [0.25, 0.3) is 0 Å². The van der Waals surface area contributed by atoms with E-state index in [-0.39, 0.29) is 18.4 Å². The van der Waals surface area contributed by atoms with Crippen LogP contribution in [0.3, 0.4) is 0 Å². The maximum atomic E-state index is 12.0. The third-order valence-corrected chi connectivity index (χ3v) is 4.24. The van der Waals surface area contributed by atoms with E-state index in [1.165, 1.54) is 24.1 Å². The number of carbonyl (C=O) groups excluding carboxylic acids is 1. The van der Waals surface area contributed by atoms with E-state index in [0.29, 0.717) is 0 Å². The Morgan fingerprint density at radius 1 is 1.22 bits per heavy atom. The summed E-state index contributed by atoms with van der Waals surface area (Å²) < 4.78 is 0. The molecule has 2 N–H and O–H groups in total. The van der Waals surface area contributed by atoms with E-state index in [2.05, 4.69) is 41.5 Å². The van der Waals surface area contributed by atoms with Gasteiger partial charge in [-0.15, -0.1) is 0 Å². The number of urea groups is 1. The topological polar surface area (TPSA) is 44.4 Å². The predicted octanol–water partition coefficient (Wildman–Crippen LogP) is 1.42. The number of hydrogen-bond acceptors (Lipinski definition) is 2. The number of nitrogens with zero attached hydrogens (tertiary/aromatic N) is 1. The van der Waals surface area contributed by atoms with E-state index in [1.807, 2.05) is 19.2 Å². The summed E-state index contributed by atoms with van der Waals surface area (Å²) in [5.74, 6) is 0. The minimum absolute atomic E-state index is 0. The standard InChI is InChI=1S/C18H27N3O.ClH/c1-4-21(5-2)16-10-11-17(14(3)12-16)20-18(22)19-13-15-8-6-7-9-15;/h10-13H,4-9H2,1-3H3,(H2,19,20,22);1H/p-1. The molecule has 0 radical (unpaired) electrons. The summed E-state index contributed by atoms with van der Waals surface area (Å²) >= 11 is 0. The van der Waals surface area contributed by atoms with Crippen LogP contribution in [-0.4, -0.2) is 19.1 Å². The van der Waals surface area contributed by atoms with Gasteiger partial charge in [0.25, 0.3) is 0 Å². The second-order valence-corrected chi connectivity index (χ2v) is 5.78. The quantitative estimate of drug-likeness (QED) is 0.854. The molecule has 0 saturated heterocycles. The molecule has 128 valence electrons. The van der Waals surface area contributed by atoms with Gasteiger partial charge < -0.3 is 27.9 Å². The third-order valence-electron chi connectivity index (χ3n) is 4.24. The smallest absolute Gasteiger partial charge is 0.323 e. The molecule has 2 amide bonds. The molecule has 0 heterocycles. The second-order valence-electron chi connectivity index (χ2n) is 5.78. The fourth-order valence-electron chi connectivity index (χ4n) is 2.87. The summed E-state index contributed by atoms with van der Waals surface area (Å²) in [5.41, 5.74) is 4.47. The number of carbonyl (C=O) groups is 1. The first-order valence-corrected chi connectivity index (χ1v) is 8.25. The number of amides is 2. The number of benzene rings is 1. The summed E-state index contributed by atoms with van der Waals surface area (Å²) in [6, 6.07) is 5.99. The van der Waals surface area contributed by atoms with E-state index in [1.54, 1.807) is 0 Å². The molecule has 0 unspecified atom stereocenters. The average molecular weight is 337 g/mol. The monoisotopic (exact) mass is 336 g/mol. The lowest BCUT2D eigenvalue weighted by molar-refractivity contribution is -0.00000779. The van der Waals surface area contributed by atoms with Crippen LogP contribution >= 0.6 is 0 Å². The first kappa shape index (κ1) is 19.4. The molecular formula is C18H27ClN3O-. The van der Waals surface area contributed by atoms with Crippen LogP contribution in [0.4, 0.5) is 16.2 Å². The van der Waals surface area contributed by atoms with Crippen LogP contribution < -0.4 is 27.9 Å². The highest BCUT2D eigenvalue weighted by atomic mass is 35.5. The molecular weight excluding hydrogens is 310 g/mol. The van der Waals surface area contributed by atoms with Crippen LogP contribution in [0.2, 0.25) is 0 Å². The Morgan fingerprint density at radius 3 is 2.43 bits per heavy atom. The molecule has 0 spiro atoms. The van der Waals surface area contributed by atoms with Gasteiger partial charge in [0.15, 0.2) is 0 Å². The molecule has 5 heteroatoms. The van der Waals surface area contributed by atoms with Crippen LogP contribution in [0.5, 0.6) is 0 Å². The van der Waals surface area contributed by atoms with Gasteiger partial charge in [-0.05, 0) is 70.2 Å². The average Bonchev–Trinajstić information content (AvgIpc) is 3.02. The van der Waals surface area contributed by atoms with Crippen molar-refractivity contribution in [3.8, 4) is 0 Å². The molecule has 2 rings (SSSR count). The molecule has 1 saturated carbocycles. The van der Waals surface area contributed by atoms with E-state index < -0.39 is 0 Å². The number of halogens is 1. The number of nitrogens with one attached hydrogen (secondary N) is 2. The maximum Gasteiger partial charge on any atom is 0.323 e. The highest BCUT2D eigenvalue weighted by Crippen LogP contribution is 2.24. The van der Waals surface area contributed by atoms with Gasteiger partial charge in [-0.1, -0.05) is 5.57 Å². The molecule has 1 aromatic rings. The van der Waals surface area contributed by atoms with Gasteiger partial charge in [-0.25, -0.2) is 4.79 Å². The minimum atomic E-state index is -0.168. The van der Waals surface area contributed by atoms with Crippen LogP contribution in [-0.2, 0) is 0 Å². The summed E-state index contributed by atoms with van der Waals surface area (Å²) in [4.78, 5) is 14.3. The molecule has 0 aliphatic heterocycles. The normalized spacial score (nSPS) is 13.3. The molecule has 0 aromatic heterocycles. The van der Waals surface area contributed by atoms with Gasteiger partial charge in [0, 0.05) is 30.7 Å². The zero-order valence-corrected chi connectivity index (χ0v) is 15.0. The van der Waals surface area contributed by atoms with Gasteiger partial charge in [0.2, 0.25) is 0 Å². The van der Waals surface area contributed by atoms with E-state index >= 15 is 0 Å². The van der Waals surface area contributed by atoms with Crippen molar-refractivity contribution in [3.63, 3.8) is 0 Å². The minimum Gasteiger partial charge on any atom is -1.00 e. The van der Waals surface area contributed by atoms with Gasteiger partial charge in [0.05, 0.1) is 0 Å². The molecule has 1 aliphatic carbocycles. The van der Waals surface area contributed by atoms with Crippen molar-refractivity contribution < 1.29 is 17.2 Å². The summed E-state index contributed by atoms with van der Waals surface area (Å²) in [6.07, 6.45) is 6.56. The van der Waals surface area contributed by atoms with Crippen molar-refractivity contribution >= 4 is 17.4 Å². The largest absolute Gasteiger partial charge is 1.00 e. The first-order chi connectivity index (χ1) is 10.6. The lowest BCUT2D eigenvalue weighted by Crippen LogP contribution is -3.00. The number of aryl methyl sites for hydroxylation is 1. The molecule has 1 aromatic carbocycles. The van der Waals surface area contributed by atoms with Crippen molar-refractivity contribution in [2.75, 3.05) is 23.3 Å². The van der Waals surface area contributed by atoms with E-state index in [4.69, 9.17) is 0 Å². The Morgan fingerprint density at radius 2 is 1.87 bits per heavy atom. The zero-order valence-electron chi connectivity index (χ0n) is 14.3. The number of allylic oxidation sites excluding steroid dienone is 1. The number of rotatable bonds is 5. The van der Waals surface area contributed by atoms with E-state index in [9.17, 15) is 4.79 Å². The lowest BCUT2D eigenvalue weighted by Gasteiger charge is -2.22. The fraction of sp³-hybridized carbons (Fsp3) is 0.500. The molecule has 0 atom stereocenters. The Labute approximate surface area is 145 Å². The van der Waals surface area contributed by atoms with Crippen molar-refractivity contribution in [1.82, 2.24) is 5.32 Å². The summed E-state index contributed by atoms with van der Waals surface area (Å²) in [7, 11) is 0. The SMILES string of the molecule is CCN(CC)c1ccc(NC(=O)NC=C2CCCC2)c(C)c1.[Cl-]. The molecule has 4 nitrogen and oxygen atoms in total. The first-order valence-electron chi connectivity index (χ1n) is 8.25. The van der Waals surface area contributed by atoms with Crippen molar-refractivity contribution in [1.29, 1.82) is 0 Å². The number of hydrogen-bond donors (Lipinski definition) is 2. The maximum absolute atomic E-state index is 12.0. The van der Waals surface area contributed by atoms with Crippen LogP contribution in [0.1, 0.15) is 45.1 Å². The van der Waals surface area contributed by atoms with Crippen LogP contribution in [0.15, 0.2) is 30.0 Å². The summed E-state index contributed by atoms with van der Waals surface area (Å²) in [5, 5.41) is 5.76. The fourth-order valence-corrected chi connectivity index (χ4v) is 2.87. The predicted molar refractivity (Wildman–Crippen MR) is 93.4 cm³/mol. The van der Waals surface area contributed by atoms with Gasteiger partial charge in [0.1, 0.15) is 0 Å². The Hall–Kier alpha value is -1.68. The Balaban J connectivity index is 0.00000264. The Kier molecular flexibility index (Phi) is 7.96. The van der Waals surface area contributed by atoms with Crippen molar-refractivity contribution in [3.05, 3.63) is 35.5 Å². The van der Waals surface area contributed by atoms with Gasteiger partial charge >= 0.3 is 6.03 Å². The van der Waals surface area contributed by atoms with Gasteiger partial charge in [-0.2, -0.15) is 0 Å². The molecule has 1 fully saturated rings. The zero-order chi connectivity index (χ0) is 15.9. The third kappa shape index (κ3) is 5.47. The van der Waals surface area contributed by atoms with Crippen LogP contribution in [0, 0.1) is 6.92 Å². The van der Waals surface area contributed by atoms with Crippen molar-refractivity contribution in [2.45, 2.75) is 46.5 Å². The highest BCUT2D eigenvalue weighted by molar-refractivity contribution is 5.91.